The molecule has 0 bridgehead atoms. The molecule has 5 atom stereocenters. The minimum atomic E-state index is -3.87. The second kappa shape index (κ2) is 14.0. The molecule has 4 aliphatic rings. The molecule has 1 saturated heterocycles. The number of carbonyl (C=O) groups excluding carboxylic acids is 4. The first-order valence-electron chi connectivity index (χ1n) is 17.3. The van der Waals surface area contributed by atoms with E-state index in [2.05, 4.69) is 20.3 Å². The molecule has 0 spiro atoms. The van der Waals surface area contributed by atoms with Gasteiger partial charge in [-0.05, 0) is 65.4 Å². The molecule has 6 rings (SSSR count). The average molecular weight is 708 g/mol. The molecule has 3 fully saturated rings. The molecule has 14 heteroatoms. The molecule has 1 aromatic carbocycles. The van der Waals surface area contributed by atoms with Crippen molar-refractivity contribution in [2.45, 2.75) is 107 Å². The van der Waals surface area contributed by atoms with Gasteiger partial charge in [-0.25, -0.2) is 13.2 Å². The summed E-state index contributed by atoms with van der Waals surface area (Å²) in [4.78, 5) is 60.8. The molecular weight excluding hydrogens is 662 g/mol. The number of nitrogens with one attached hydrogen (secondary N) is 3. The van der Waals surface area contributed by atoms with E-state index < -0.39 is 74.3 Å². The Morgan fingerprint density at radius 1 is 1.06 bits per heavy atom. The number of ether oxygens (including phenoxy) is 2. The Morgan fingerprint density at radius 2 is 1.82 bits per heavy atom. The molecule has 13 nitrogen and oxygen atoms in total. The molecule has 2 aromatic rings. The van der Waals surface area contributed by atoms with Crippen LogP contribution in [0.15, 0.2) is 60.8 Å². The van der Waals surface area contributed by atoms with Crippen LogP contribution in [0.2, 0.25) is 0 Å². The van der Waals surface area contributed by atoms with E-state index >= 15 is 0 Å². The summed E-state index contributed by atoms with van der Waals surface area (Å²) in [6, 6.07) is 11.0. The van der Waals surface area contributed by atoms with Crippen molar-refractivity contribution < 1.29 is 37.1 Å². The third-order valence-corrected chi connectivity index (χ3v) is 11.2. The lowest BCUT2D eigenvalue weighted by molar-refractivity contribution is -0.141. The zero-order valence-corrected chi connectivity index (χ0v) is 29.4. The highest BCUT2D eigenvalue weighted by Crippen LogP contribution is 2.46. The van der Waals surface area contributed by atoms with Gasteiger partial charge in [-0.3, -0.25) is 24.1 Å². The number of rotatable bonds is 7. The van der Waals surface area contributed by atoms with Crippen molar-refractivity contribution in [2.75, 3.05) is 6.54 Å². The van der Waals surface area contributed by atoms with Crippen molar-refractivity contribution in [1.82, 2.24) is 25.2 Å². The lowest BCUT2D eigenvalue weighted by Gasteiger charge is -2.30. The second-order valence-electron chi connectivity index (χ2n) is 14.6. The van der Waals surface area contributed by atoms with Crippen LogP contribution in [0, 0.1) is 5.92 Å². The first-order chi connectivity index (χ1) is 23.7. The van der Waals surface area contributed by atoms with E-state index in [4.69, 9.17) is 9.47 Å². The Morgan fingerprint density at radius 3 is 2.54 bits per heavy atom. The highest BCUT2D eigenvalue weighted by atomic mass is 32.2. The fraction of sp³-hybridized carbons (Fsp3) is 0.528. The number of aromatic nitrogens is 1. The first-order valence-corrected chi connectivity index (χ1v) is 18.8. The molecule has 0 unspecified atom stereocenters. The molecule has 0 radical (unpaired) electrons. The van der Waals surface area contributed by atoms with Crippen LogP contribution in [0.4, 0.5) is 4.79 Å². The van der Waals surface area contributed by atoms with Crippen LogP contribution in [-0.4, -0.2) is 83.2 Å². The third-order valence-electron chi connectivity index (χ3n) is 9.39. The number of hydrogen-bond donors (Lipinski definition) is 3. The summed E-state index contributed by atoms with van der Waals surface area (Å²) in [6.45, 7) is 5.22. The Kier molecular flexibility index (Phi) is 9.93. The number of sulfonamides is 1. The number of fused-ring (bicyclic) bond motifs is 2. The van der Waals surface area contributed by atoms with Crippen molar-refractivity contribution in [1.29, 1.82) is 0 Å². The van der Waals surface area contributed by atoms with Crippen LogP contribution in [0.5, 0.6) is 5.75 Å². The standard InChI is InChI=1S/C36H45N5O8S/c1-35(2,3)49-34(45)38-28-14-10-5-4-9-13-24-21-36(24,33(44)40-50(46,47)27-15-16-27)39-31(42)30-20-26(22-41(30)32(28)43)48-25-17-18-37-29(19-25)23-11-7-6-8-12-23/h6-9,11-13,17-19,24,26-28,30H,4-5,10,14-16,20-22H2,1-3H3,(H,38,45)(H,39,42)(H,40,44)/b13-9-/t24-,26-,28+,30+,36-/m1/s1. The molecule has 1 aromatic heterocycles. The van der Waals surface area contributed by atoms with Crippen molar-refractivity contribution in [2.24, 2.45) is 5.92 Å². The molecule has 3 N–H and O–H groups in total. The SMILES string of the molecule is CC(C)(C)OC(=O)N[C@H]1CCCC/C=C\[C@@H]2C[C@@]2(C(=O)NS(=O)(=O)C2CC2)NC(=O)[C@@H]2C[C@@H](Oc3ccnc(-c4ccccc4)c3)CN2C1=O. The highest BCUT2D eigenvalue weighted by Gasteiger charge is 2.62. The van der Waals surface area contributed by atoms with Crippen LogP contribution in [0.25, 0.3) is 11.3 Å². The van der Waals surface area contributed by atoms with Gasteiger partial charge in [0.1, 0.15) is 35.1 Å². The summed E-state index contributed by atoms with van der Waals surface area (Å²) in [5.74, 6) is -1.77. The number of nitrogens with zero attached hydrogens (tertiary/aromatic N) is 2. The van der Waals surface area contributed by atoms with E-state index in [1.807, 2.05) is 42.5 Å². The molecule has 268 valence electrons. The second-order valence-corrected chi connectivity index (χ2v) is 16.5. The van der Waals surface area contributed by atoms with Crippen molar-refractivity contribution in [3.8, 4) is 17.0 Å². The number of alkyl carbamates (subject to hydrolysis) is 1. The lowest BCUT2D eigenvalue weighted by atomic mass is 10.0. The summed E-state index contributed by atoms with van der Waals surface area (Å²) in [5.41, 5.74) is -0.679. The van der Waals surface area contributed by atoms with E-state index in [1.165, 1.54) is 4.90 Å². The van der Waals surface area contributed by atoms with Gasteiger partial charge in [-0.2, -0.15) is 0 Å². The Labute approximate surface area is 292 Å². The maximum atomic E-state index is 14.3. The first kappa shape index (κ1) is 35.4. The van der Waals surface area contributed by atoms with Gasteiger partial charge in [0, 0.05) is 30.2 Å². The molecule has 2 saturated carbocycles. The van der Waals surface area contributed by atoms with E-state index in [0.717, 1.165) is 5.56 Å². The fourth-order valence-corrected chi connectivity index (χ4v) is 7.93. The number of carbonyl (C=O) groups is 4. The Hall–Kier alpha value is -4.46. The van der Waals surface area contributed by atoms with Gasteiger partial charge < -0.3 is 25.0 Å². The molecule has 50 heavy (non-hydrogen) atoms. The predicted molar refractivity (Wildman–Crippen MR) is 184 cm³/mol. The Bertz CT molecular complexity index is 1760. The third kappa shape index (κ3) is 8.28. The zero-order valence-electron chi connectivity index (χ0n) is 28.6. The van der Waals surface area contributed by atoms with Crippen molar-refractivity contribution in [3.05, 3.63) is 60.8 Å². The average Bonchev–Trinajstić information content (AvgIpc) is 3.98. The number of allylic oxidation sites excluding steroid dienone is 1. The van der Waals surface area contributed by atoms with Crippen molar-refractivity contribution >= 4 is 33.8 Å². The van der Waals surface area contributed by atoms with Crippen LogP contribution in [0.1, 0.15) is 72.1 Å². The quantitative estimate of drug-likeness (QED) is 0.364. The van der Waals surface area contributed by atoms with Crippen LogP contribution in [-0.2, 0) is 29.1 Å². The highest BCUT2D eigenvalue weighted by molar-refractivity contribution is 7.91. The van der Waals surface area contributed by atoms with Gasteiger partial charge >= 0.3 is 6.09 Å². The minimum Gasteiger partial charge on any atom is -0.488 e. The molecule has 2 aliphatic heterocycles. The molecule has 2 aliphatic carbocycles. The summed E-state index contributed by atoms with van der Waals surface area (Å²) < 4.78 is 39.5. The Balaban J connectivity index is 1.28. The number of pyridine rings is 1. The summed E-state index contributed by atoms with van der Waals surface area (Å²) >= 11 is 0. The van der Waals surface area contributed by atoms with Gasteiger partial charge in [-0.15, -0.1) is 0 Å². The van der Waals surface area contributed by atoms with Crippen molar-refractivity contribution in [3.63, 3.8) is 0 Å². The lowest BCUT2D eigenvalue weighted by Crippen LogP contribution is -2.58. The zero-order chi connectivity index (χ0) is 35.7. The van der Waals surface area contributed by atoms with Gasteiger partial charge in [0.2, 0.25) is 21.8 Å². The topological polar surface area (TPSA) is 173 Å². The van der Waals surface area contributed by atoms with Crippen LogP contribution < -0.4 is 20.1 Å². The van der Waals surface area contributed by atoms with Gasteiger partial charge in [0.15, 0.2) is 0 Å². The largest absolute Gasteiger partial charge is 0.488 e. The molecule has 3 heterocycles. The van der Waals surface area contributed by atoms with Gasteiger partial charge in [0.25, 0.3) is 5.91 Å². The predicted octanol–water partition coefficient (Wildman–Crippen LogP) is 3.60. The summed E-state index contributed by atoms with van der Waals surface area (Å²) in [6.07, 6.45) is 7.56. The molecule has 4 amide bonds. The van der Waals surface area contributed by atoms with E-state index in [0.29, 0.717) is 50.0 Å². The van der Waals surface area contributed by atoms with E-state index in [-0.39, 0.29) is 19.4 Å². The summed E-state index contributed by atoms with van der Waals surface area (Å²) in [5, 5.41) is 4.97. The fourth-order valence-electron chi connectivity index (χ4n) is 6.56. The van der Waals surface area contributed by atoms with Crippen LogP contribution in [0.3, 0.4) is 0 Å². The number of hydrogen-bond acceptors (Lipinski definition) is 9. The number of benzene rings is 1. The summed E-state index contributed by atoms with van der Waals surface area (Å²) in [7, 11) is -3.87. The van der Waals surface area contributed by atoms with Gasteiger partial charge in [0.05, 0.1) is 17.5 Å². The molecular formula is C36H45N5O8S. The smallest absolute Gasteiger partial charge is 0.408 e. The number of amides is 4. The van der Waals surface area contributed by atoms with E-state index in [1.54, 1.807) is 39.1 Å². The normalized spacial score (nSPS) is 27.9. The van der Waals surface area contributed by atoms with Gasteiger partial charge in [-0.1, -0.05) is 48.9 Å². The maximum absolute atomic E-state index is 14.3. The van der Waals surface area contributed by atoms with E-state index in [9.17, 15) is 27.6 Å². The minimum absolute atomic E-state index is 0.0327. The van der Waals surface area contributed by atoms with Crippen LogP contribution >= 0.6 is 0 Å². The maximum Gasteiger partial charge on any atom is 0.408 e. The monoisotopic (exact) mass is 707 g/mol.